The van der Waals surface area contributed by atoms with Crippen LogP contribution in [0.5, 0.6) is 0 Å². The molecule has 200 valence electrons. The third-order valence-electron chi connectivity index (χ3n) is 6.67. The summed E-state index contributed by atoms with van der Waals surface area (Å²) in [6.45, 7) is 11.6. The molecule has 0 aromatic heterocycles. The van der Waals surface area contributed by atoms with Crippen LogP contribution in [0.2, 0.25) is 0 Å². The first kappa shape index (κ1) is 28.1. The molecular formula is C27H42N4O5. The molecule has 3 atom stereocenters. The van der Waals surface area contributed by atoms with Crippen LogP contribution in [-0.4, -0.2) is 87.2 Å². The normalized spacial score (nSPS) is 21.7. The molecular weight excluding hydrogens is 460 g/mol. The van der Waals surface area contributed by atoms with Crippen molar-refractivity contribution >= 4 is 23.3 Å². The lowest BCUT2D eigenvalue weighted by atomic mass is 9.90. The summed E-state index contributed by atoms with van der Waals surface area (Å²) >= 11 is 0. The van der Waals surface area contributed by atoms with Gasteiger partial charge < -0.3 is 25.4 Å². The topological polar surface area (TPSA) is 109 Å². The molecule has 0 radical (unpaired) electrons. The second-order valence-corrected chi connectivity index (χ2v) is 10.1. The van der Waals surface area contributed by atoms with Crippen molar-refractivity contribution in [2.75, 3.05) is 57.9 Å². The number of hydrogen-bond donors (Lipinski definition) is 3. The van der Waals surface area contributed by atoms with E-state index < -0.39 is 12.1 Å². The van der Waals surface area contributed by atoms with Crippen LogP contribution in [0, 0.1) is 11.8 Å². The van der Waals surface area contributed by atoms with E-state index in [1.54, 1.807) is 12.1 Å². The quantitative estimate of drug-likeness (QED) is 0.402. The van der Waals surface area contributed by atoms with Gasteiger partial charge in [0.2, 0.25) is 5.91 Å². The monoisotopic (exact) mass is 502 g/mol. The predicted octanol–water partition coefficient (Wildman–Crippen LogP) is 2.08. The molecule has 0 spiro atoms. The van der Waals surface area contributed by atoms with Gasteiger partial charge in [0.05, 0.1) is 25.9 Å². The molecule has 2 saturated heterocycles. The number of carbonyl (C=O) groups is 3. The van der Waals surface area contributed by atoms with E-state index >= 15 is 0 Å². The Morgan fingerprint density at radius 2 is 1.94 bits per heavy atom. The van der Waals surface area contributed by atoms with Crippen LogP contribution in [0.15, 0.2) is 24.3 Å². The lowest BCUT2D eigenvalue weighted by Gasteiger charge is -2.32. The highest BCUT2D eigenvalue weighted by Crippen LogP contribution is 2.19. The average Bonchev–Trinajstić information content (AvgIpc) is 2.86. The summed E-state index contributed by atoms with van der Waals surface area (Å²) in [6.07, 6.45) is 2.17. The first-order valence-corrected chi connectivity index (χ1v) is 13.2. The van der Waals surface area contributed by atoms with Crippen LogP contribution in [-0.2, 0) is 19.1 Å². The maximum atomic E-state index is 13.2. The molecule has 2 unspecified atom stereocenters. The summed E-state index contributed by atoms with van der Waals surface area (Å²) in [6, 6.07) is 6.01. The Morgan fingerprint density at radius 1 is 1.17 bits per heavy atom. The van der Waals surface area contributed by atoms with Crippen molar-refractivity contribution in [2.45, 2.75) is 52.1 Å². The number of rotatable bonds is 12. The Labute approximate surface area is 214 Å². The van der Waals surface area contributed by atoms with E-state index in [0.29, 0.717) is 18.6 Å². The third kappa shape index (κ3) is 8.57. The lowest BCUT2D eigenvalue weighted by Crippen LogP contribution is -2.57. The van der Waals surface area contributed by atoms with Gasteiger partial charge >= 0.3 is 0 Å². The number of ether oxygens (including phenoxy) is 2. The Morgan fingerprint density at radius 3 is 2.67 bits per heavy atom. The molecule has 3 N–H and O–H groups in total. The van der Waals surface area contributed by atoms with Crippen molar-refractivity contribution in [1.82, 2.24) is 15.5 Å². The fraction of sp³-hybridized carbons (Fsp3) is 0.667. The number of carbonyl (C=O) groups excluding carboxylic acids is 3. The zero-order valence-electron chi connectivity index (χ0n) is 21.9. The average molecular weight is 503 g/mol. The van der Waals surface area contributed by atoms with Gasteiger partial charge in [0.1, 0.15) is 12.6 Å². The zero-order chi connectivity index (χ0) is 25.9. The zero-order valence-corrected chi connectivity index (χ0v) is 21.9. The highest BCUT2D eigenvalue weighted by molar-refractivity contribution is 5.99. The standard InChI is InChI=1S/C27H42N4O5/c1-4-6-21-17-36-18-24(32)25(21)30-27(34)23(15-19(2)3)29-26(33)20-7-5-8-22(16-20)28-9-10-31-11-13-35-14-12-31/h5,7-8,16,19,21,23,25,28H,4,6,9-15,17-18H2,1-3H3,(H,29,33)(H,30,34)/t21?,23?,25-/m0/s1. The Kier molecular flexibility index (Phi) is 11.2. The molecule has 0 saturated carbocycles. The summed E-state index contributed by atoms with van der Waals surface area (Å²) in [7, 11) is 0. The van der Waals surface area contributed by atoms with Gasteiger partial charge in [0, 0.05) is 43.3 Å². The molecule has 0 aliphatic carbocycles. The second kappa shape index (κ2) is 14.3. The number of anilines is 1. The van der Waals surface area contributed by atoms with Crippen LogP contribution < -0.4 is 16.0 Å². The molecule has 2 heterocycles. The minimum Gasteiger partial charge on any atom is -0.384 e. The minimum absolute atomic E-state index is 0.0116. The van der Waals surface area contributed by atoms with Gasteiger partial charge in [-0.15, -0.1) is 0 Å². The SMILES string of the molecule is CCCC1COCC(=O)[C@H]1NC(=O)C(CC(C)C)NC(=O)c1cccc(NCCN2CCOCC2)c1. The number of hydrogen-bond acceptors (Lipinski definition) is 7. The van der Waals surface area contributed by atoms with E-state index in [-0.39, 0.29) is 36.0 Å². The van der Waals surface area contributed by atoms with Crippen LogP contribution in [0.1, 0.15) is 50.4 Å². The van der Waals surface area contributed by atoms with Gasteiger partial charge in [-0.05, 0) is 37.0 Å². The summed E-state index contributed by atoms with van der Waals surface area (Å²) in [5.41, 5.74) is 1.34. The molecule has 9 heteroatoms. The van der Waals surface area contributed by atoms with E-state index in [2.05, 4.69) is 20.9 Å². The number of nitrogens with one attached hydrogen (secondary N) is 3. The third-order valence-corrected chi connectivity index (χ3v) is 6.67. The minimum atomic E-state index is -0.728. The van der Waals surface area contributed by atoms with E-state index in [4.69, 9.17) is 9.47 Å². The number of ketones is 1. The van der Waals surface area contributed by atoms with Gasteiger partial charge in [-0.2, -0.15) is 0 Å². The summed E-state index contributed by atoms with van der Waals surface area (Å²) in [5, 5.41) is 9.21. The van der Waals surface area contributed by atoms with Crippen LogP contribution in [0.3, 0.4) is 0 Å². The maximum Gasteiger partial charge on any atom is 0.252 e. The molecule has 0 bridgehead atoms. The maximum absolute atomic E-state index is 13.2. The first-order chi connectivity index (χ1) is 17.4. The van der Waals surface area contributed by atoms with Gasteiger partial charge in [-0.25, -0.2) is 0 Å². The Hall–Kier alpha value is -2.49. The van der Waals surface area contributed by atoms with Crippen molar-refractivity contribution in [3.8, 4) is 0 Å². The molecule has 2 fully saturated rings. The van der Waals surface area contributed by atoms with Gasteiger partial charge in [0.15, 0.2) is 5.78 Å². The lowest BCUT2D eigenvalue weighted by molar-refractivity contribution is -0.138. The second-order valence-electron chi connectivity index (χ2n) is 10.1. The fourth-order valence-corrected chi connectivity index (χ4v) is 4.73. The van der Waals surface area contributed by atoms with Crippen LogP contribution in [0.4, 0.5) is 5.69 Å². The molecule has 36 heavy (non-hydrogen) atoms. The Balaban J connectivity index is 1.60. The smallest absolute Gasteiger partial charge is 0.252 e. The van der Waals surface area contributed by atoms with Crippen molar-refractivity contribution in [3.63, 3.8) is 0 Å². The van der Waals surface area contributed by atoms with Crippen LogP contribution in [0.25, 0.3) is 0 Å². The molecule has 1 aromatic rings. The highest BCUT2D eigenvalue weighted by atomic mass is 16.5. The van der Waals surface area contributed by atoms with Gasteiger partial charge in [-0.3, -0.25) is 19.3 Å². The van der Waals surface area contributed by atoms with Crippen molar-refractivity contribution < 1.29 is 23.9 Å². The van der Waals surface area contributed by atoms with Gasteiger partial charge in [0.25, 0.3) is 5.91 Å². The highest BCUT2D eigenvalue weighted by Gasteiger charge is 2.35. The predicted molar refractivity (Wildman–Crippen MR) is 139 cm³/mol. The van der Waals surface area contributed by atoms with Gasteiger partial charge in [-0.1, -0.05) is 33.3 Å². The molecule has 2 aliphatic rings. The number of Topliss-reactive ketones (excluding diaryl/α,β-unsaturated/α-hetero) is 1. The Bertz CT molecular complexity index is 869. The summed E-state index contributed by atoms with van der Waals surface area (Å²) in [5.74, 6) is -0.602. The van der Waals surface area contributed by atoms with Crippen molar-refractivity contribution in [3.05, 3.63) is 29.8 Å². The van der Waals surface area contributed by atoms with Crippen molar-refractivity contribution in [2.24, 2.45) is 11.8 Å². The summed E-state index contributed by atoms with van der Waals surface area (Å²) in [4.78, 5) is 41.2. The summed E-state index contributed by atoms with van der Waals surface area (Å²) < 4.78 is 10.8. The van der Waals surface area contributed by atoms with E-state index in [9.17, 15) is 14.4 Å². The van der Waals surface area contributed by atoms with E-state index in [0.717, 1.165) is 57.9 Å². The van der Waals surface area contributed by atoms with E-state index in [1.165, 1.54) is 0 Å². The number of benzene rings is 1. The molecule has 9 nitrogen and oxygen atoms in total. The number of nitrogens with zero attached hydrogens (tertiary/aromatic N) is 1. The number of amides is 2. The van der Waals surface area contributed by atoms with Crippen molar-refractivity contribution in [1.29, 1.82) is 0 Å². The largest absolute Gasteiger partial charge is 0.384 e. The molecule has 2 amide bonds. The van der Waals surface area contributed by atoms with Crippen LogP contribution >= 0.6 is 0 Å². The number of morpholine rings is 1. The molecule has 2 aliphatic heterocycles. The fourth-order valence-electron chi connectivity index (χ4n) is 4.73. The first-order valence-electron chi connectivity index (χ1n) is 13.2. The molecule has 3 rings (SSSR count). The molecule has 1 aromatic carbocycles. The van der Waals surface area contributed by atoms with E-state index in [1.807, 2.05) is 32.9 Å².